The Balaban J connectivity index is 2.21. The number of hydrogen-bond donors (Lipinski definition) is 0. The summed E-state index contributed by atoms with van der Waals surface area (Å²) in [5.74, 6) is 0.843. The third-order valence-corrected chi connectivity index (χ3v) is 2.64. The smallest absolute Gasteiger partial charge is 0.183 e. The minimum absolute atomic E-state index is 0.226. The molecule has 1 heterocycles. The molecule has 0 aliphatic carbocycles. The van der Waals surface area contributed by atoms with Crippen LogP contribution in [0.15, 0.2) is 29.3 Å². The first-order chi connectivity index (χ1) is 6.79. The summed E-state index contributed by atoms with van der Waals surface area (Å²) in [6.45, 7) is 0. The van der Waals surface area contributed by atoms with Crippen molar-refractivity contribution in [3.8, 4) is 0 Å². The van der Waals surface area contributed by atoms with Gasteiger partial charge >= 0.3 is 0 Å². The van der Waals surface area contributed by atoms with Crippen LogP contribution in [-0.2, 0) is 4.74 Å². The van der Waals surface area contributed by atoms with Crippen LogP contribution in [0.1, 0.15) is 24.4 Å². The Morgan fingerprint density at radius 2 is 2.36 bits per heavy atom. The fourth-order valence-electron chi connectivity index (χ4n) is 1.67. The summed E-state index contributed by atoms with van der Waals surface area (Å²) in [7, 11) is 1.67. The Morgan fingerprint density at radius 1 is 1.50 bits per heavy atom. The van der Waals surface area contributed by atoms with Crippen LogP contribution < -0.4 is 0 Å². The van der Waals surface area contributed by atoms with E-state index in [1.807, 2.05) is 18.2 Å². The van der Waals surface area contributed by atoms with Gasteiger partial charge in [-0.05, 0) is 24.1 Å². The van der Waals surface area contributed by atoms with Gasteiger partial charge < -0.3 is 4.74 Å². The third kappa shape index (κ3) is 1.90. The number of hydrogen-bond acceptors (Lipinski definition) is 2. The number of methoxy groups -OCH3 is 1. The lowest BCUT2D eigenvalue weighted by atomic mass is 10.1. The van der Waals surface area contributed by atoms with Crippen LogP contribution in [0.25, 0.3) is 0 Å². The van der Waals surface area contributed by atoms with Gasteiger partial charge in [0.1, 0.15) is 0 Å². The van der Waals surface area contributed by atoms with Crippen molar-refractivity contribution in [2.75, 3.05) is 7.11 Å². The number of nitrogens with zero attached hydrogens (tertiary/aromatic N) is 1. The molecule has 1 atom stereocenters. The molecule has 0 fully saturated rings. The monoisotopic (exact) mass is 209 g/mol. The van der Waals surface area contributed by atoms with Gasteiger partial charge in [-0.25, -0.2) is 4.99 Å². The van der Waals surface area contributed by atoms with Crippen LogP contribution >= 0.6 is 11.6 Å². The quantitative estimate of drug-likeness (QED) is 0.696. The molecule has 2 nitrogen and oxygen atoms in total. The van der Waals surface area contributed by atoms with E-state index in [1.165, 1.54) is 5.56 Å². The molecule has 1 aromatic rings. The predicted octanol–water partition coefficient (Wildman–Crippen LogP) is 3.22. The second-order valence-electron chi connectivity index (χ2n) is 3.34. The molecule has 0 saturated heterocycles. The minimum atomic E-state index is 0.226. The summed E-state index contributed by atoms with van der Waals surface area (Å²) in [5, 5.41) is 0.767. The van der Waals surface area contributed by atoms with Gasteiger partial charge in [0.05, 0.1) is 13.2 Å². The van der Waals surface area contributed by atoms with E-state index < -0.39 is 0 Å². The normalized spacial score (nSPS) is 20.7. The standard InChI is InChI=1S/C11H12ClNO/c1-14-11-6-5-10(13-11)8-3-2-4-9(12)7-8/h2-4,7,10H,5-6H2,1H3. The molecule has 74 valence electrons. The minimum Gasteiger partial charge on any atom is -0.484 e. The van der Waals surface area contributed by atoms with E-state index in [1.54, 1.807) is 7.11 Å². The largest absolute Gasteiger partial charge is 0.484 e. The molecule has 0 amide bonds. The van der Waals surface area contributed by atoms with Crippen LogP contribution in [-0.4, -0.2) is 13.0 Å². The Bertz CT molecular complexity index is 362. The van der Waals surface area contributed by atoms with E-state index in [0.29, 0.717) is 0 Å². The first kappa shape index (κ1) is 9.53. The van der Waals surface area contributed by atoms with E-state index in [0.717, 1.165) is 23.8 Å². The molecule has 14 heavy (non-hydrogen) atoms. The van der Waals surface area contributed by atoms with Gasteiger partial charge in [-0.15, -0.1) is 0 Å². The molecule has 0 aromatic heterocycles. The third-order valence-electron chi connectivity index (χ3n) is 2.40. The molecule has 1 aliphatic rings. The molecule has 0 saturated carbocycles. The number of benzene rings is 1. The van der Waals surface area contributed by atoms with Gasteiger partial charge in [-0.3, -0.25) is 0 Å². The van der Waals surface area contributed by atoms with Crippen molar-refractivity contribution in [1.29, 1.82) is 0 Å². The molecule has 0 spiro atoms. The van der Waals surface area contributed by atoms with Crippen molar-refractivity contribution in [2.24, 2.45) is 4.99 Å². The molecule has 3 heteroatoms. The van der Waals surface area contributed by atoms with Gasteiger partial charge in [0.15, 0.2) is 5.90 Å². The lowest BCUT2D eigenvalue weighted by Crippen LogP contribution is -1.93. The molecule has 1 unspecified atom stereocenters. The summed E-state index contributed by atoms with van der Waals surface area (Å²) in [6.07, 6.45) is 1.94. The zero-order valence-electron chi connectivity index (χ0n) is 8.03. The summed E-state index contributed by atoms with van der Waals surface area (Å²) >= 11 is 5.91. The van der Waals surface area contributed by atoms with Crippen LogP contribution in [0.2, 0.25) is 5.02 Å². The van der Waals surface area contributed by atoms with Crippen molar-refractivity contribution < 1.29 is 4.74 Å². The van der Waals surface area contributed by atoms with Crippen molar-refractivity contribution in [3.63, 3.8) is 0 Å². The van der Waals surface area contributed by atoms with Gasteiger partial charge in [0.25, 0.3) is 0 Å². The van der Waals surface area contributed by atoms with Crippen molar-refractivity contribution in [3.05, 3.63) is 34.9 Å². The van der Waals surface area contributed by atoms with Gasteiger partial charge in [-0.2, -0.15) is 0 Å². The Morgan fingerprint density at radius 3 is 3.00 bits per heavy atom. The topological polar surface area (TPSA) is 21.6 Å². The first-order valence-corrected chi connectivity index (χ1v) is 5.03. The van der Waals surface area contributed by atoms with Gasteiger partial charge in [-0.1, -0.05) is 23.7 Å². The molecular weight excluding hydrogens is 198 g/mol. The summed E-state index contributed by atoms with van der Waals surface area (Å²) in [4.78, 5) is 4.45. The Kier molecular flexibility index (Phi) is 2.73. The fraction of sp³-hybridized carbons (Fsp3) is 0.364. The van der Waals surface area contributed by atoms with Crippen LogP contribution in [0.3, 0.4) is 0 Å². The zero-order chi connectivity index (χ0) is 9.97. The van der Waals surface area contributed by atoms with E-state index in [-0.39, 0.29) is 6.04 Å². The second-order valence-corrected chi connectivity index (χ2v) is 3.77. The summed E-state index contributed by atoms with van der Waals surface area (Å²) in [6, 6.07) is 8.08. The molecule has 0 bridgehead atoms. The molecule has 1 aromatic carbocycles. The molecular formula is C11H12ClNO. The Labute approximate surface area is 88.6 Å². The lowest BCUT2D eigenvalue weighted by molar-refractivity contribution is 0.395. The van der Waals surface area contributed by atoms with Crippen LogP contribution in [0.5, 0.6) is 0 Å². The maximum atomic E-state index is 5.91. The number of aliphatic imine (C=N–C) groups is 1. The average Bonchev–Trinajstić information content (AvgIpc) is 2.66. The van der Waals surface area contributed by atoms with Crippen LogP contribution in [0.4, 0.5) is 0 Å². The summed E-state index contributed by atoms with van der Waals surface area (Å²) < 4.78 is 5.11. The predicted molar refractivity (Wildman–Crippen MR) is 57.9 cm³/mol. The highest BCUT2D eigenvalue weighted by atomic mass is 35.5. The second kappa shape index (κ2) is 4.01. The highest BCUT2D eigenvalue weighted by molar-refractivity contribution is 6.30. The van der Waals surface area contributed by atoms with Crippen molar-refractivity contribution in [2.45, 2.75) is 18.9 Å². The van der Waals surface area contributed by atoms with Gasteiger partial charge in [0.2, 0.25) is 0 Å². The fourth-order valence-corrected chi connectivity index (χ4v) is 1.87. The van der Waals surface area contributed by atoms with E-state index in [4.69, 9.17) is 16.3 Å². The van der Waals surface area contributed by atoms with E-state index in [2.05, 4.69) is 11.1 Å². The maximum absolute atomic E-state index is 5.91. The highest BCUT2D eigenvalue weighted by Crippen LogP contribution is 2.30. The van der Waals surface area contributed by atoms with Crippen LogP contribution in [0, 0.1) is 0 Å². The number of rotatable bonds is 1. The molecule has 0 radical (unpaired) electrons. The van der Waals surface area contributed by atoms with Crippen molar-refractivity contribution >= 4 is 17.5 Å². The number of ether oxygens (including phenoxy) is 1. The Hall–Kier alpha value is -1.02. The summed E-state index contributed by atoms with van der Waals surface area (Å²) in [5.41, 5.74) is 1.17. The van der Waals surface area contributed by atoms with E-state index in [9.17, 15) is 0 Å². The average molecular weight is 210 g/mol. The van der Waals surface area contributed by atoms with E-state index >= 15 is 0 Å². The maximum Gasteiger partial charge on any atom is 0.183 e. The van der Waals surface area contributed by atoms with Gasteiger partial charge in [0, 0.05) is 11.4 Å². The molecule has 1 aliphatic heterocycles. The SMILES string of the molecule is COC1=NC(c2cccc(Cl)c2)CC1. The molecule has 2 rings (SSSR count). The molecule has 0 N–H and O–H groups in total. The lowest BCUT2D eigenvalue weighted by Gasteiger charge is -2.05. The first-order valence-electron chi connectivity index (χ1n) is 4.66. The number of halogens is 1. The highest BCUT2D eigenvalue weighted by Gasteiger charge is 2.19. The zero-order valence-corrected chi connectivity index (χ0v) is 8.79. The van der Waals surface area contributed by atoms with Crippen molar-refractivity contribution in [1.82, 2.24) is 0 Å².